The van der Waals surface area contributed by atoms with Gasteiger partial charge in [-0.2, -0.15) is 0 Å². The van der Waals surface area contributed by atoms with Crippen LogP contribution in [0, 0.1) is 5.92 Å². The van der Waals surface area contributed by atoms with Crippen molar-refractivity contribution in [2.24, 2.45) is 5.92 Å². The largest absolute Gasteiger partial charge is 0.318 e. The molecule has 17 heavy (non-hydrogen) atoms. The summed E-state index contributed by atoms with van der Waals surface area (Å²) in [6, 6.07) is 10.9. The van der Waals surface area contributed by atoms with Crippen LogP contribution in [0.5, 0.6) is 0 Å². The van der Waals surface area contributed by atoms with E-state index in [2.05, 4.69) is 54.8 Å². The molecule has 0 aliphatic carbocycles. The third-order valence-electron chi connectivity index (χ3n) is 3.47. The van der Waals surface area contributed by atoms with E-state index in [0.29, 0.717) is 5.92 Å². The normalized spacial score (nSPS) is 14.5. The molecule has 0 bridgehead atoms. The van der Waals surface area contributed by atoms with Crippen molar-refractivity contribution in [3.63, 3.8) is 0 Å². The molecule has 0 amide bonds. The standard InChI is InChI=1S/C15H26N2/c1-4-13(2)15(12-17-11-10-16-3)14-8-6-5-7-9-14/h5-9,13,15-17H,4,10-12H2,1-3H3. The molecule has 1 aromatic rings. The number of benzene rings is 1. The molecule has 1 rings (SSSR count). The maximum atomic E-state index is 3.54. The zero-order chi connectivity index (χ0) is 12.5. The fraction of sp³-hybridized carbons (Fsp3) is 0.600. The van der Waals surface area contributed by atoms with E-state index in [1.165, 1.54) is 12.0 Å². The molecule has 0 heterocycles. The molecule has 2 atom stereocenters. The molecule has 0 aliphatic rings. The van der Waals surface area contributed by atoms with Gasteiger partial charge in [-0.25, -0.2) is 0 Å². The minimum Gasteiger partial charge on any atom is -0.318 e. The molecule has 2 unspecified atom stereocenters. The van der Waals surface area contributed by atoms with Crippen molar-refractivity contribution in [2.45, 2.75) is 26.2 Å². The Bertz CT molecular complexity index is 284. The van der Waals surface area contributed by atoms with E-state index in [1.54, 1.807) is 0 Å². The molecule has 0 fully saturated rings. The lowest BCUT2D eigenvalue weighted by Crippen LogP contribution is -2.30. The van der Waals surface area contributed by atoms with Gasteiger partial charge in [0.15, 0.2) is 0 Å². The average Bonchev–Trinajstić information content (AvgIpc) is 2.39. The Morgan fingerprint density at radius 2 is 1.82 bits per heavy atom. The van der Waals surface area contributed by atoms with Crippen molar-refractivity contribution in [1.29, 1.82) is 0 Å². The van der Waals surface area contributed by atoms with Crippen LogP contribution in [-0.2, 0) is 0 Å². The van der Waals surface area contributed by atoms with E-state index in [9.17, 15) is 0 Å². The fourth-order valence-corrected chi connectivity index (χ4v) is 2.10. The van der Waals surface area contributed by atoms with E-state index in [-0.39, 0.29) is 0 Å². The van der Waals surface area contributed by atoms with Crippen LogP contribution < -0.4 is 10.6 Å². The lowest BCUT2D eigenvalue weighted by Gasteiger charge is -2.24. The Labute approximate surface area is 106 Å². The summed E-state index contributed by atoms with van der Waals surface area (Å²) in [4.78, 5) is 0. The second-order valence-electron chi connectivity index (χ2n) is 4.71. The van der Waals surface area contributed by atoms with Crippen LogP contribution in [0.3, 0.4) is 0 Å². The highest BCUT2D eigenvalue weighted by Crippen LogP contribution is 2.25. The summed E-state index contributed by atoms with van der Waals surface area (Å²) >= 11 is 0. The number of hydrogen-bond donors (Lipinski definition) is 2. The summed E-state index contributed by atoms with van der Waals surface area (Å²) in [6.45, 7) is 7.75. The summed E-state index contributed by atoms with van der Waals surface area (Å²) < 4.78 is 0. The first-order valence-corrected chi connectivity index (χ1v) is 6.69. The van der Waals surface area contributed by atoms with Gasteiger partial charge in [0.25, 0.3) is 0 Å². The predicted molar refractivity (Wildman–Crippen MR) is 75.4 cm³/mol. The van der Waals surface area contributed by atoms with Gasteiger partial charge in [-0.15, -0.1) is 0 Å². The van der Waals surface area contributed by atoms with Gasteiger partial charge >= 0.3 is 0 Å². The van der Waals surface area contributed by atoms with Crippen LogP contribution in [0.4, 0.5) is 0 Å². The van der Waals surface area contributed by atoms with Gasteiger partial charge < -0.3 is 10.6 Å². The van der Waals surface area contributed by atoms with Gasteiger partial charge in [-0.3, -0.25) is 0 Å². The average molecular weight is 234 g/mol. The summed E-state index contributed by atoms with van der Waals surface area (Å²) in [5.74, 6) is 1.34. The van der Waals surface area contributed by atoms with E-state index in [4.69, 9.17) is 0 Å². The van der Waals surface area contributed by atoms with E-state index in [1.807, 2.05) is 7.05 Å². The molecule has 0 aliphatic heterocycles. The number of nitrogens with one attached hydrogen (secondary N) is 2. The molecule has 0 saturated heterocycles. The molecule has 96 valence electrons. The Hall–Kier alpha value is -0.860. The molecule has 1 aromatic carbocycles. The molecular formula is C15H26N2. The first kappa shape index (κ1) is 14.2. The van der Waals surface area contributed by atoms with Crippen LogP contribution in [-0.4, -0.2) is 26.7 Å². The Morgan fingerprint density at radius 1 is 1.12 bits per heavy atom. The molecule has 2 heteroatoms. The lowest BCUT2D eigenvalue weighted by atomic mass is 9.85. The van der Waals surface area contributed by atoms with E-state index < -0.39 is 0 Å². The Balaban J connectivity index is 2.55. The fourth-order valence-electron chi connectivity index (χ4n) is 2.10. The SMILES string of the molecule is CCC(C)C(CNCCNC)c1ccccc1. The van der Waals surface area contributed by atoms with E-state index in [0.717, 1.165) is 25.6 Å². The maximum Gasteiger partial charge on any atom is 0.00768 e. The van der Waals surface area contributed by atoms with E-state index >= 15 is 0 Å². The highest BCUT2D eigenvalue weighted by atomic mass is 14.9. The first-order chi connectivity index (χ1) is 8.29. The van der Waals surface area contributed by atoms with Crippen LogP contribution in [0.25, 0.3) is 0 Å². The molecule has 0 radical (unpaired) electrons. The van der Waals surface area contributed by atoms with Gasteiger partial charge in [0, 0.05) is 19.6 Å². The summed E-state index contributed by atoms with van der Waals surface area (Å²) in [5, 5.41) is 6.70. The summed E-state index contributed by atoms with van der Waals surface area (Å²) in [6.07, 6.45) is 1.23. The second-order valence-corrected chi connectivity index (χ2v) is 4.71. The van der Waals surface area contributed by atoms with Gasteiger partial charge in [0.1, 0.15) is 0 Å². The predicted octanol–water partition coefficient (Wildman–Crippen LogP) is 2.63. The van der Waals surface area contributed by atoms with Gasteiger partial charge in [-0.05, 0) is 24.4 Å². The third-order valence-corrected chi connectivity index (χ3v) is 3.47. The van der Waals surface area contributed by atoms with Crippen molar-refractivity contribution < 1.29 is 0 Å². The first-order valence-electron chi connectivity index (χ1n) is 6.69. The summed E-state index contributed by atoms with van der Waals surface area (Å²) in [7, 11) is 1.99. The van der Waals surface area contributed by atoms with Crippen molar-refractivity contribution in [3.05, 3.63) is 35.9 Å². The topological polar surface area (TPSA) is 24.1 Å². The molecule has 2 N–H and O–H groups in total. The number of hydrogen-bond acceptors (Lipinski definition) is 2. The van der Waals surface area contributed by atoms with Crippen LogP contribution in [0.2, 0.25) is 0 Å². The monoisotopic (exact) mass is 234 g/mol. The quantitative estimate of drug-likeness (QED) is 0.676. The minimum atomic E-state index is 0.623. The number of likely N-dealkylation sites (N-methyl/N-ethyl adjacent to an activating group) is 1. The van der Waals surface area contributed by atoms with Gasteiger partial charge in [0.05, 0.1) is 0 Å². The van der Waals surface area contributed by atoms with Gasteiger partial charge in [0.2, 0.25) is 0 Å². The smallest absolute Gasteiger partial charge is 0.00768 e. The lowest BCUT2D eigenvalue weighted by molar-refractivity contribution is 0.421. The van der Waals surface area contributed by atoms with Crippen molar-refractivity contribution in [1.82, 2.24) is 10.6 Å². The second kappa shape index (κ2) is 8.26. The van der Waals surface area contributed by atoms with Crippen molar-refractivity contribution in [2.75, 3.05) is 26.7 Å². The van der Waals surface area contributed by atoms with Gasteiger partial charge in [-0.1, -0.05) is 50.6 Å². The molecule has 2 nitrogen and oxygen atoms in total. The molecular weight excluding hydrogens is 208 g/mol. The molecule has 0 aromatic heterocycles. The van der Waals surface area contributed by atoms with Crippen LogP contribution in [0.1, 0.15) is 31.7 Å². The minimum absolute atomic E-state index is 0.623. The van der Waals surface area contributed by atoms with Crippen LogP contribution >= 0.6 is 0 Å². The maximum absolute atomic E-state index is 3.54. The third kappa shape index (κ3) is 4.88. The highest BCUT2D eigenvalue weighted by Gasteiger charge is 2.16. The highest BCUT2D eigenvalue weighted by molar-refractivity contribution is 5.20. The zero-order valence-corrected chi connectivity index (χ0v) is 11.4. The molecule has 0 saturated carbocycles. The van der Waals surface area contributed by atoms with Crippen molar-refractivity contribution in [3.8, 4) is 0 Å². The Morgan fingerprint density at radius 3 is 2.41 bits per heavy atom. The van der Waals surface area contributed by atoms with Crippen LogP contribution in [0.15, 0.2) is 30.3 Å². The number of rotatable bonds is 8. The van der Waals surface area contributed by atoms with Crippen molar-refractivity contribution >= 4 is 0 Å². The summed E-state index contributed by atoms with van der Waals surface area (Å²) in [5.41, 5.74) is 1.46. The zero-order valence-electron chi connectivity index (χ0n) is 11.4. The molecule has 0 spiro atoms. The Kier molecular flexibility index (Phi) is 6.90.